The number of aliphatic hydroxyl groups is 1. The molecule has 1 aliphatic heterocycles. The van der Waals surface area contributed by atoms with Gasteiger partial charge in [-0.25, -0.2) is 0 Å². The number of para-hydroxylation sites is 1. The number of aliphatic hydroxyl groups excluding tert-OH is 1. The van der Waals surface area contributed by atoms with Crippen molar-refractivity contribution < 1.29 is 9.90 Å². The summed E-state index contributed by atoms with van der Waals surface area (Å²) in [5, 5.41) is 9.61. The Kier molecular flexibility index (Phi) is 3.25. The molecule has 0 saturated heterocycles. The molecule has 0 amide bonds. The van der Waals surface area contributed by atoms with Gasteiger partial charge >= 0.3 is 0 Å². The van der Waals surface area contributed by atoms with Crippen LogP contribution in [0.2, 0.25) is 0 Å². The lowest BCUT2D eigenvalue weighted by Gasteiger charge is -2.32. The van der Waals surface area contributed by atoms with Crippen LogP contribution in [-0.4, -0.2) is 30.1 Å². The van der Waals surface area contributed by atoms with Gasteiger partial charge in [-0.3, -0.25) is 4.79 Å². The Morgan fingerprint density at radius 3 is 3.00 bits per heavy atom. The largest absolute Gasteiger partial charge is 0.383 e. The molecule has 1 heterocycles. The molecule has 1 atom stereocenters. The molecule has 0 aromatic heterocycles. The van der Waals surface area contributed by atoms with Crippen molar-refractivity contribution >= 4 is 11.5 Å². The number of ketones is 1. The van der Waals surface area contributed by atoms with E-state index in [0.29, 0.717) is 6.54 Å². The first kappa shape index (κ1) is 11.1. The van der Waals surface area contributed by atoms with E-state index in [1.807, 2.05) is 12.1 Å². The summed E-state index contributed by atoms with van der Waals surface area (Å²) in [6, 6.07) is 8.20. The second-order valence-electron chi connectivity index (χ2n) is 4.30. The first-order valence-corrected chi connectivity index (χ1v) is 5.70. The standard InChI is InChI=1S/C13H17NO2/c1-10(15)13(16)9-14-8-4-6-11-5-2-3-7-12(11)14/h2-3,5,7,13,16H,4,6,8-9H2,1H3. The highest BCUT2D eigenvalue weighted by molar-refractivity contribution is 5.81. The number of carbonyl (C=O) groups excluding carboxylic acids is 1. The highest BCUT2D eigenvalue weighted by Crippen LogP contribution is 2.26. The molecule has 0 fully saturated rings. The van der Waals surface area contributed by atoms with Crippen LogP contribution in [0.5, 0.6) is 0 Å². The second kappa shape index (κ2) is 4.66. The lowest BCUT2D eigenvalue weighted by Crippen LogP contribution is -2.39. The van der Waals surface area contributed by atoms with Crippen LogP contribution in [0.25, 0.3) is 0 Å². The number of β-amino-alcohol motifs (C(OH)–C–C–N with tert-alkyl or cyclic N) is 1. The van der Waals surface area contributed by atoms with E-state index in [4.69, 9.17) is 0 Å². The maximum atomic E-state index is 11.1. The van der Waals surface area contributed by atoms with Gasteiger partial charge in [-0.15, -0.1) is 0 Å². The summed E-state index contributed by atoms with van der Waals surface area (Å²) >= 11 is 0. The molecule has 0 aliphatic carbocycles. The number of nitrogens with zero attached hydrogens (tertiary/aromatic N) is 1. The van der Waals surface area contributed by atoms with E-state index >= 15 is 0 Å². The molecule has 1 aromatic carbocycles. The van der Waals surface area contributed by atoms with Gasteiger partial charge in [0.15, 0.2) is 5.78 Å². The number of hydrogen-bond donors (Lipinski definition) is 1. The van der Waals surface area contributed by atoms with Crippen molar-refractivity contribution in [2.45, 2.75) is 25.9 Å². The van der Waals surface area contributed by atoms with Crippen LogP contribution in [0.3, 0.4) is 0 Å². The van der Waals surface area contributed by atoms with Crippen LogP contribution >= 0.6 is 0 Å². The third-order valence-electron chi connectivity index (χ3n) is 3.07. The van der Waals surface area contributed by atoms with Crippen molar-refractivity contribution in [2.24, 2.45) is 0 Å². The molecule has 1 aromatic rings. The predicted octanol–water partition coefficient (Wildman–Crippen LogP) is 1.39. The van der Waals surface area contributed by atoms with Crippen molar-refractivity contribution in [3.63, 3.8) is 0 Å². The normalized spacial score (nSPS) is 16.8. The Labute approximate surface area is 95.7 Å². The summed E-state index contributed by atoms with van der Waals surface area (Å²) in [6.45, 7) is 2.76. The third kappa shape index (κ3) is 2.25. The highest BCUT2D eigenvalue weighted by Gasteiger charge is 2.20. The average Bonchev–Trinajstić information content (AvgIpc) is 2.29. The number of Topliss-reactive ketones (excluding diaryl/α,β-unsaturated/α-hetero) is 1. The lowest BCUT2D eigenvalue weighted by molar-refractivity contribution is -0.124. The number of anilines is 1. The molecular formula is C13H17NO2. The third-order valence-corrected chi connectivity index (χ3v) is 3.07. The van der Waals surface area contributed by atoms with Gasteiger partial charge in [0, 0.05) is 12.2 Å². The highest BCUT2D eigenvalue weighted by atomic mass is 16.3. The first-order valence-electron chi connectivity index (χ1n) is 5.70. The minimum Gasteiger partial charge on any atom is -0.383 e. The molecule has 3 heteroatoms. The van der Waals surface area contributed by atoms with Gasteiger partial charge in [0.2, 0.25) is 0 Å². The predicted molar refractivity (Wildman–Crippen MR) is 63.7 cm³/mol. The molecule has 0 saturated carbocycles. The summed E-state index contributed by atoms with van der Waals surface area (Å²) in [5.74, 6) is -0.164. The topological polar surface area (TPSA) is 40.5 Å². The monoisotopic (exact) mass is 219 g/mol. The number of carbonyl (C=O) groups is 1. The van der Waals surface area contributed by atoms with Crippen LogP contribution in [0.15, 0.2) is 24.3 Å². The van der Waals surface area contributed by atoms with Crippen LogP contribution in [0, 0.1) is 0 Å². The van der Waals surface area contributed by atoms with Crippen molar-refractivity contribution in [1.82, 2.24) is 0 Å². The fraction of sp³-hybridized carbons (Fsp3) is 0.462. The van der Waals surface area contributed by atoms with Crippen molar-refractivity contribution in [3.8, 4) is 0 Å². The van der Waals surface area contributed by atoms with E-state index < -0.39 is 6.10 Å². The van der Waals surface area contributed by atoms with E-state index in [9.17, 15) is 9.90 Å². The van der Waals surface area contributed by atoms with E-state index in [0.717, 1.165) is 25.1 Å². The van der Waals surface area contributed by atoms with Crippen LogP contribution < -0.4 is 4.90 Å². The average molecular weight is 219 g/mol. The smallest absolute Gasteiger partial charge is 0.160 e. The van der Waals surface area contributed by atoms with Crippen LogP contribution in [0.4, 0.5) is 5.69 Å². The summed E-state index contributed by atoms with van der Waals surface area (Å²) in [6.07, 6.45) is 1.30. The molecule has 0 spiro atoms. The molecule has 16 heavy (non-hydrogen) atoms. The van der Waals surface area contributed by atoms with Crippen LogP contribution in [0.1, 0.15) is 18.9 Å². The van der Waals surface area contributed by atoms with Crippen molar-refractivity contribution in [1.29, 1.82) is 0 Å². The zero-order valence-electron chi connectivity index (χ0n) is 9.52. The number of aryl methyl sites for hydroxylation is 1. The quantitative estimate of drug-likeness (QED) is 0.835. The molecule has 2 rings (SSSR count). The molecule has 0 radical (unpaired) electrons. The van der Waals surface area contributed by atoms with Crippen molar-refractivity contribution in [3.05, 3.63) is 29.8 Å². The van der Waals surface area contributed by atoms with E-state index in [2.05, 4.69) is 17.0 Å². The fourth-order valence-electron chi connectivity index (χ4n) is 2.14. The summed E-state index contributed by atoms with van der Waals surface area (Å²) in [7, 11) is 0. The Morgan fingerprint density at radius 2 is 2.25 bits per heavy atom. The van der Waals surface area contributed by atoms with Gasteiger partial charge in [0.25, 0.3) is 0 Å². The molecule has 0 bridgehead atoms. The van der Waals surface area contributed by atoms with Gasteiger partial charge in [-0.1, -0.05) is 18.2 Å². The number of rotatable bonds is 3. The summed E-state index contributed by atoms with van der Waals surface area (Å²) in [4.78, 5) is 13.2. The Bertz CT molecular complexity index is 389. The second-order valence-corrected chi connectivity index (χ2v) is 4.30. The van der Waals surface area contributed by atoms with Gasteiger partial charge < -0.3 is 10.0 Å². The van der Waals surface area contributed by atoms with Gasteiger partial charge in [0.1, 0.15) is 6.10 Å². The number of benzene rings is 1. The Morgan fingerprint density at radius 1 is 1.50 bits per heavy atom. The number of hydrogen-bond acceptors (Lipinski definition) is 3. The minimum absolute atomic E-state index is 0.164. The molecule has 1 aliphatic rings. The van der Waals surface area contributed by atoms with Gasteiger partial charge in [-0.2, -0.15) is 0 Å². The maximum absolute atomic E-state index is 11.1. The summed E-state index contributed by atoms with van der Waals surface area (Å²) in [5.41, 5.74) is 2.47. The molecule has 1 N–H and O–H groups in total. The molecule has 86 valence electrons. The Balaban J connectivity index is 2.16. The molecular weight excluding hydrogens is 202 g/mol. The Hall–Kier alpha value is -1.35. The zero-order valence-corrected chi connectivity index (χ0v) is 9.52. The SMILES string of the molecule is CC(=O)C(O)CN1CCCc2ccccc21. The van der Waals surface area contributed by atoms with Gasteiger partial charge in [0.05, 0.1) is 6.54 Å². The summed E-state index contributed by atoms with van der Waals surface area (Å²) < 4.78 is 0. The molecule has 3 nitrogen and oxygen atoms in total. The van der Waals surface area contributed by atoms with Crippen molar-refractivity contribution in [2.75, 3.05) is 18.0 Å². The van der Waals surface area contributed by atoms with E-state index in [-0.39, 0.29) is 5.78 Å². The number of fused-ring (bicyclic) bond motifs is 1. The minimum atomic E-state index is -0.869. The van der Waals surface area contributed by atoms with E-state index in [1.54, 1.807) is 0 Å². The fourth-order valence-corrected chi connectivity index (χ4v) is 2.14. The molecule has 1 unspecified atom stereocenters. The van der Waals surface area contributed by atoms with Gasteiger partial charge in [-0.05, 0) is 31.4 Å². The lowest BCUT2D eigenvalue weighted by atomic mass is 10.0. The van der Waals surface area contributed by atoms with E-state index in [1.165, 1.54) is 12.5 Å². The zero-order chi connectivity index (χ0) is 11.5. The maximum Gasteiger partial charge on any atom is 0.160 e. The first-order chi connectivity index (χ1) is 7.68. The van der Waals surface area contributed by atoms with Crippen LogP contribution in [-0.2, 0) is 11.2 Å².